The van der Waals surface area contributed by atoms with Gasteiger partial charge < -0.3 is 5.32 Å². The number of hydrogen-bond donors (Lipinski definition) is 1. The molecule has 0 fully saturated rings. The molecule has 0 spiro atoms. The van der Waals surface area contributed by atoms with E-state index in [1.54, 1.807) is 0 Å². The molecule has 0 aliphatic heterocycles. The van der Waals surface area contributed by atoms with E-state index in [0.717, 1.165) is 18.7 Å². The van der Waals surface area contributed by atoms with Crippen LogP contribution >= 0.6 is 0 Å². The standard InChI is InChI=1S/C18H27N3/c1-7-17(19-6)18-14(4)20-21(15(18)5)11-16-12(2)9-8-10-13(16)3/h8-10,17,19H,7,11H2,1-6H3. The van der Waals surface area contributed by atoms with Crippen molar-refractivity contribution in [3.05, 3.63) is 51.8 Å². The molecule has 0 bridgehead atoms. The fourth-order valence-electron chi connectivity index (χ4n) is 3.17. The number of hydrogen-bond acceptors (Lipinski definition) is 2. The summed E-state index contributed by atoms with van der Waals surface area (Å²) in [7, 11) is 2.02. The molecule has 21 heavy (non-hydrogen) atoms. The Labute approximate surface area is 128 Å². The first-order chi connectivity index (χ1) is 9.99. The average molecular weight is 285 g/mol. The fourth-order valence-corrected chi connectivity index (χ4v) is 3.17. The van der Waals surface area contributed by atoms with Crippen LogP contribution in [0.15, 0.2) is 18.2 Å². The normalized spacial score (nSPS) is 12.7. The Morgan fingerprint density at radius 1 is 1.14 bits per heavy atom. The highest BCUT2D eigenvalue weighted by atomic mass is 15.3. The fraction of sp³-hybridized carbons (Fsp3) is 0.500. The Bertz CT molecular complexity index is 601. The van der Waals surface area contributed by atoms with Crippen molar-refractivity contribution < 1.29 is 0 Å². The lowest BCUT2D eigenvalue weighted by Crippen LogP contribution is -2.17. The van der Waals surface area contributed by atoms with Crippen molar-refractivity contribution in [3.63, 3.8) is 0 Å². The number of nitrogens with one attached hydrogen (secondary N) is 1. The third-order valence-electron chi connectivity index (χ3n) is 4.49. The molecule has 0 saturated heterocycles. The van der Waals surface area contributed by atoms with Gasteiger partial charge in [-0.05, 0) is 57.9 Å². The van der Waals surface area contributed by atoms with Crippen LogP contribution in [0.1, 0.15) is 53.0 Å². The van der Waals surface area contributed by atoms with E-state index in [1.165, 1.54) is 27.9 Å². The second kappa shape index (κ2) is 6.44. The summed E-state index contributed by atoms with van der Waals surface area (Å²) in [5.41, 5.74) is 7.82. The molecule has 1 heterocycles. The zero-order valence-corrected chi connectivity index (χ0v) is 14.1. The van der Waals surface area contributed by atoms with Gasteiger partial charge in [-0.15, -0.1) is 0 Å². The molecule has 0 amide bonds. The minimum atomic E-state index is 0.386. The molecule has 1 atom stereocenters. The largest absolute Gasteiger partial charge is 0.313 e. The van der Waals surface area contributed by atoms with E-state index >= 15 is 0 Å². The van der Waals surface area contributed by atoms with Crippen LogP contribution in [0.3, 0.4) is 0 Å². The summed E-state index contributed by atoms with van der Waals surface area (Å²) in [5, 5.41) is 8.18. The van der Waals surface area contributed by atoms with Gasteiger partial charge in [-0.1, -0.05) is 25.1 Å². The minimum Gasteiger partial charge on any atom is -0.313 e. The molecule has 3 heteroatoms. The van der Waals surface area contributed by atoms with Crippen LogP contribution in [0.5, 0.6) is 0 Å². The summed E-state index contributed by atoms with van der Waals surface area (Å²) in [5.74, 6) is 0. The topological polar surface area (TPSA) is 29.9 Å². The molecule has 0 aliphatic rings. The number of nitrogens with zero attached hydrogens (tertiary/aromatic N) is 2. The first-order valence-corrected chi connectivity index (χ1v) is 7.75. The third kappa shape index (κ3) is 3.03. The van der Waals surface area contributed by atoms with Gasteiger partial charge in [0, 0.05) is 17.3 Å². The minimum absolute atomic E-state index is 0.386. The van der Waals surface area contributed by atoms with Crippen molar-refractivity contribution in [1.29, 1.82) is 0 Å². The van der Waals surface area contributed by atoms with Crippen LogP contribution in [0, 0.1) is 27.7 Å². The maximum Gasteiger partial charge on any atom is 0.0667 e. The summed E-state index contributed by atoms with van der Waals surface area (Å²) in [4.78, 5) is 0. The third-order valence-corrected chi connectivity index (χ3v) is 4.49. The van der Waals surface area contributed by atoms with E-state index in [2.05, 4.69) is 62.8 Å². The summed E-state index contributed by atoms with van der Waals surface area (Å²) < 4.78 is 2.15. The van der Waals surface area contributed by atoms with E-state index in [-0.39, 0.29) is 0 Å². The van der Waals surface area contributed by atoms with Gasteiger partial charge in [0.2, 0.25) is 0 Å². The van der Waals surface area contributed by atoms with Gasteiger partial charge in [-0.2, -0.15) is 5.10 Å². The van der Waals surface area contributed by atoms with Crippen molar-refractivity contribution in [2.75, 3.05) is 7.05 Å². The number of benzene rings is 1. The van der Waals surface area contributed by atoms with Gasteiger partial charge in [0.25, 0.3) is 0 Å². The molecule has 3 nitrogen and oxygen atoms in total. The van der Waals surface area contributed by atoms with Gasteiger partial charge in [-0.25, -0.2) is 0 Å². The second-order valence-electron chi connectivity index (χ2n) is 5.86. The van der Waals surface area contributed by atoms with Crippen LogP contribution in [-0.2, 0) is 6.54 Å². The molecule has 0 saturated carbocycles. The van der Waals surface area contributed by atoms with E-state index < -0.39 is 0 Å². The van der Waals surface area contributed by atoms with E-state index in [4.69, 9.17) is 5.10 Å². The lowest BCUT2D eigenvalue weighted by Gasteiger charge is -2.15. The Balaban J connectivity index is 2.41. The summed E-state index contributed by atoms with van der Waals surface area (Å²) in [6.07, 6.45) is 1.08. The number of aromatic nitrogens is 2. The Morgan fingerprint density at radius 2 is 1.76 bits per heavy atom. The molecule has 0 radical (unpaired) electrons. The highest BCUT2D eigenvalue weighted by Crippen LogP contribution is 2.25. The first kappa shape index (κ1) is 15.8. The molecule has 1 aromatic carbocycles. The lowest BCUT2D eigenvalue weighted by molar-refractivity contribution is 0.568. The van der Waals surface area contributed by atoms with Crippen molar-refractivity contribution in [2.45, 2.75) is 53.6 Å². The Hall–Kier alpha value is -1.61. The van der Waals surface area contributed by atoms with E-state index in [0.29, 0.717) is 6.04 Å². The Morgan fingerprint density at radius 3 is 2.29 bits per heavy atom. The molecule has 1 unspecified atom stereocenters. The van der Waals surface area contributed by atoms with Crippen LogP contribution in [0.25, 0.3) is 0 Å². The molecule has 1 N–H and O–H groups in total. The quantitative estimate of drug-likeness (QED) is 0.904. The highest BCUT2D eigenvalue weighted by Gasteiger charge is 2.18. The van der Waals surface area contributed by atoms with Crippen molar-refractivity contribution in [2.24, 2.45) is 0 Å². The van der Waals surface area contributed by atoms with Crippen molar-refractivity contribution in [3.8, 4) is 0 Å². The smallest absolute Gasteiger partial charge is 0.0667 e. The van der Waals surface area contributed by atoms with Crippen LogP contribution < -0.4 is 5.32 Å². The van der Waals surface area contributed by atoms with Gasteiger partial charge in [0.15, 0.2) is 0 Å². The molecule has 0 aliphatic carbocycles. The van der Waals surface area contributed by atoms with Crippen LogP contribution in [0.4, 0.5) is 0 Å². The summed E-state index contributed by atoms with van der Waals surface area (Å²) in [6.45, 7) is 11.7. The number of aryl methyl sites for hydroxylation is 3. The number of rotatable bonds is 5. The molecular formula is C18H27N3. The van der Waals surface area contributed by atoms with Crippen molar-refractivity contribution in [1.82, 2.24) is 15.1 Å². The van der Waals surface area contributed by atoms with Gasteiger partial charge in [0.05, 0.1) is 12.2 Å². The highest BCUT2D eigenvalue weighted by molar-refractivity contribution is 5.35. The zero-order valence-electron chi connectivity index (χ0n) is 14.1. The molecular weight excluding hydrogens is 258 g/mol. The molecule has 114 valence electrons. The van der Waals surface area contributed by atoms with Crippen molar-refractivity contribution >= 4 is 0 Å². The molecule has 1 aromatic heterocycles. The van der Waals surface area contributed by atoms with Gasteiger partial charge >= 0.3 is 0 Å². The van der Waals surface area contributed by atoms with Crippen LogP contribution in [-0.4, -0.2) is 16.8 Å². The maximum absolute atomic E-state index is 4.78. The predicted molar refractivity (Wildman–Crippen MR) is 88.8 cm³/mol. The molecule has 2 aromatic rings. The SMILES string of the molecule is CCC(NC)c1c(C)nn(Cc2c(C)cccc2C)c1C. The predicted octanol–water partition coefficient (Wildman–Crippen LogP) is 3.84. The van der Waals surface area contributed by atoms with Gasteiger partial charge in [0.1, 0.15) is 0 Å². The molecule has 2 rings (SSSR count). The van der Waals surface area contributed by atoms with E-state index in [9.17, 15) is 0 Å². The second-order valence-corrected chi connectivity index (χ2v) is 5.86. The zero-order chi connectivity index (χ0) is 15.6. The summed E-state index contributed by atoms with van der Waals surface area (Å²) in [6, 6.07) is 6.86. The van der Waals surface area contributed by atoms with Crippen LogP contribution in [0.2, 0.25) is 0 Å². The van der Waals surface area contributed by atoms with Gasteiger partial charge in [-0.3, -0.25) is 4.68 Å². The average Bonchev–Trinajstić information content (AvgIpc) is 2.72. The van der Waals surface area contributed by atoms with E-state index in [1.807, 2.05) is 7.05 Å². The maximum atomic E-state index is 4.78. The Kier molecular flexibility index (Phi) is 4.84. The summed E-state index contributed by atoms with van der Waals surface area (Å²) >= 11 is 0. The first-order valence-electron chi connectivity index (χ1n) is 7.75. The lowest BCUT2D eigenvalue weighted by atomic mass is 10.0. The monoisotopic (exact) mass is 285 g/mol.